The summed E-state index contributed by atoms with van der Waals surface area (Å²) in [6.07, 6.45) is 1.39. The van der Waals surface area contributed by atoms with Crippen LogP contribution in [0, 0.1) is 20.2 Å². The summed E-state index contributed by atoms with van der Waals surface area (Å²) in [4.78, 5) is 19.8. The van der Waals surface area contributed by atoms with Gasteiger partial charge in [0.2, 0.25) is 0 Å². The third kappa shape index (κ3) is 2.73. The maximum atomic E-state index is 10.5. The van der Waals surface area contributed by atoms with Crippen molar-refractivity contribution in [3.8, 4) is 0 Å². The largest absolute Gasteiger partial charge is 0.276 e. The molecule has 0 atom stereocenters. The van der Waals surface area contributed by atoms with Gasteiger partial charge in [-0.2, -0.15) is 0 Å². The Morgan fingerprint density at radius 1 is 1.07 bits per heavy atom. The monoisotopic (exact) mass is 210 g/mol. The number of rotatable bonds is 4. The van der Waals surface area contributed by atoms with Crippen molar-refractivity contribution in [3.05, 3.63) is 44.0 Å². The SMILES string of the molecule is CCCc1cc([N+](=O)[O-])cc([N+](=O)[O-])c1. The van der Waals surface area contributed by atoms with Gasteiger partial charge in [-0.05, 0) is 12.0 Å². The van der Waals surface area contributed by atoms with Crippen LogP contribution in [0.3, 0.4) is 0 Å². The molecule has 15 heavy (non-hydrogen) atoms. The molecule has 0 unspecified atom stereocenters. The van der Waals surface area contributed by atoms with Gasteiger partial charge in [0.1, 0.15) is 0 Å². The van der Waals surface area contributed by atoms with E-state index >= 15 is 0 Å². The van der Waals surface area contributed by atoms with E-state index in [1.54, 1.807) is 0 Å². The van der Waals surface area contributed by atoms with E-state index in [4.69, 9.17) is 0 Å². The first-order valence-corrected chi connectivity index (χ1v) is 4.47. The van der Waals surface area contributed by atoms with Crippen LogP contribution in [-0.2, 0) is 6.42 Å². The molecule has 1 aromatic carbocycles. The molecular weight excluding hydrogens is 200 g/mol. The second-order valence-electron chi connectivity index (χ2n) is 3.12. The molecule has 80 valence electrons. The van der Waals surface area contributed by atoms with E-state index in [0.717, 1.165) is 12.5 Å². The lowest BCUT2D eigenvalue weighted by atomic mass is 10.1. The molecule has 0 heterocycles. The quantitative estimate of drug-likeness (QED) is 0.564. The van der Waals surface area contributed by atoms with Crippen molar-refractivity contribution in [2.24, 2.45) is 0 Å². The first kappa shape index (κ1) is 11.1. The molecule has 0 fully saturated rings. The molecule has 0 aliphatic heterocycles. The van der Waals surface area contributed by atoms with E-state index < -0.39 is 9.85 Å². The summed E-state index contributed by atoms with van der Waals surface area (Å²) in [5.41, 5.74) is 0.165. The van der Waals surface area contributed by atoms with E-state index in [9.17, 15) is 20.2 Å². The first-order valence-electron chi connectivity index (χ1n) is 4.47. The van der Waals surface area contributed by atoms with Gasteiger partial charge in [-0.25, -0.2) is 0 Å². The van der Waals surface area contributed by atoms with Crippen molar-refractivity contribution in [1.82, 2.24) is 0 Å². The van der Waals surface area contributed by atoms with Crippen LogP contribution in [-0.4, -0.2) is 9.85 Å². The second kappa shape index (κ2) is 4.50. The fourth-order valence-electron chi connectivity index (χ4n) is 1.30. The minimum atomic E-state index is -0.619. The minimum absolute atomic E-state index is 0.229. The highest BCUT2D eigenvalue weighted by molar-refractivity contribution is 5.46. The summed E-state index contributed by atoms with van der Waals surface area (Å²) in [5, 5.41) is 21.0. The molecule has 0 bridgehead atoms. The molecule has 0 aliphatic carbocycles. The third-order valence-corrected chi connectivity index (χ3v) is 1.92. The maximum absolute atomic E-state index is 10.5. The smallest absolute Gasteiger partial charge is 0.258 e. The highest BCUT2D eigenvalue weighted by Crippen LogP contribution is 2.23. The Balaban J connectivity index is 3.19. The van der Waals surface area contributed by atoms with Gasteiger partial charge in [0.15, 0.2) is 0 Å². The van der Waals surface area contributed by atoms with Gasteiger partial charge in [-0.1, -0.05) is 13.3 Å². The molecule has 0 saturated carbocycles. The number of nitrogens with zero attached hydrogens (tertiary/aromatic N) is 2. The number of nitro benzene ring substituents is 2. The maximum Gasteiger partial charge on any atom is 0.276 e. The Labute approximate surface area is 85.8 Å². The Hall–Kier alpha value is -1.98. The van der Waals surface area contributed by atoms with Gasteiger partial charge in [-0.3, -0.25) is 20.2 Å². The van der Waals surface area contributed by atoms with Crippen LogP contribution in [0.15, 0.2) is 18.2 Å². The molecule has 6 nitrogen and oxygen atoms in total. The van der Waals surface area contributed by atoms with Gasteiger partial charge < -0.3 is 0 Å². The molecule has 0 aromatic heterocycles. The molecule has 1 aromatic rings. The van der Waals surface area contributed by atoms with Crippen molar-refractivity contribution < 1.29 is 9.85 Å². The second-order valence-corrected chi connectivity index (χ2v) is 3.12. The third-order valence-electron chi connectivity index (χ3n) is 1.92. The summed E-state index contributed by atoms with van der Waals surface area (Å²) >= 11 is 0. The van der Waals surface area contributed by atoms with Gasteiger partial charge in [-0.15, -0.1) is 0 Å². The molecule has 0 radical (unpaired) electrons. The fraction of sp³-hybridized carbons (Fsp3) is 0.333. The molecule has 0 amide bonds. The van der Waals surface area contributed by atoms with Crippen molar-refractivity contribution >= 4 is 11.4 Å². The summed E-state index contributed by atoms with van der Waals surface area (Å²) in [6, 6.07) is 3.71. The molecule has 1 rings (SSSR count). The normalized spacial score (nSPS) is 9.93. The van der Waals surface area contributed by atoms with Crippen molar-refractivity contribution in [2.75, 3.05) is 0 Å². The van der Waals surface area contributed by atoms with E-state index in [1.165, 1.54) is 12.1 Å². The zero-order chi connectivity index (χ0) is 11.4. The standard InChI is InChI=1S/C9H10N2O4/c1-2-3-7-4-8(10(12)13)6-9(5-7)11(14)15/h4-6H,2-3H2,1H3. The Morgan fingerprint density at radius 3 is 1.87 bits per heavy atom. The van der Waals surface area contributed by atoms with E-state index in [0.29, 0.717) is 12.0 Å². The Morgan fingerprint density at radius 2 is 1.53 bits per heavy atom. The molecule has 0 N–H and O–H groups in total. The van der Waals surface area contributed by atoms with Crippen LogP contribution >= 0.6 is 0 Å². The van der Waals surface area contributed by atoms with Gasteiger partial charge in [0.25, 0.3) is 11.4 Å². The predicted octanol–water partition coefficient (Wildman–Crippen LogP) is 2.46. The van der Waals surface area contributed by atoms with Crippen molar-refractivity contribution in [3.63, 3.8) is 0 Å². The van der Waals surface area contributed by atoms with Crippen LogP contribution < -0.4 is 0 Å². The summed E-state index contributed by atoms with van der Waals surface area (Å²) in [5.74, 6) is 0. The van der Waals surface area contributed by atoms with Crippen LogP contribution in [0.4, 0.5) is 11.4 Å². The van der Waals surface area contributed by atoms with Gasteiger partial charge >= 0.3 is 0 Å². The summed E-state index contributed by atoms with van der Waals surface area (Å²) in [6.45, 7) is 1.91. The number of aryl methyl sites for hydroxylation is 1. The van der Waals surface area contributed by atoms with Crippen LogP contribution in [0.1, 0.15) is 18.9 Å². The lowest BCUT2D eigenvalue weighted by Gasteiger charge is -1.99. The lowest BCUT2D eigenvalue weighted by molar-refractivity contribution is -0.394. The van der Waals surface area contributed by atoms with Crippen LogP contribution in [0.25, 0.3) is 0 Å². The lowest BCUT2D eigenvalue weighted by Crippen LogP contribution is -1.95. The van der Waals surface area contributed by atoms with Gasteiger partial charge in [0, 0.05) is 12.1 Å². The summed E-state index contributed by atoms with van der Waals surface area (Å²) in [7, 11) is 0. The highest BCUT2D eigenvalue weighted by atomic mass is 16.6. The average molecular weight is 210 g/mol. The first-order chi connectivity index (χ1) is 7.04. The van der Waals surface area contributed by atoms with Crippen molar-refractivity contribution in [2.45, 2.75) is 19.8 Å². The molecule has 0 aliphatic rings. The van der Waals surface area contributed by atoms with Crippen LogP contribution in [0.5, 0.6) is 0 Å². The molecular formula is C9H10N2O4. The number of benzene rings is 1. The number of non-ortho nitro benzene ring substituents is 2. The average Bonchev–Trinajstić information content (AvgIpc) is 2.17. The number of nitro groups is 2. The number of hydrogen-bond donors (Lipinski definition) is 0. The van der Waals surface area contributed by atoms with Crippen molar-refractivity contribution in [1.29, 1.82) is 0 Å². The van der Waals surface area contributed by atoms with E-state index in [2.05, 4.69) is 0 Å². The topological polar surface area (TPSA) is 86.3 Å². The molecule has 0 spiro atoms. The molecule has 6 heteroatoms. The van der Waals surface area contributed by atoms with Crippen LogP contribution in [0.2, 0.25) is 0 Å². The predicted molar refractivity (Wildman–Crippen MR) is 53.7 cm³/mol. The zero-order valence-corrected chi connectivity index (χ0v) is 8.17. The van der Waals surface area contributed by atoms with E-state index in [-0.39, 0.29) is 11.4 Å². The fourth-order valence-corrected chi connectivity index (χ4v) is 1.30. The Kier molecular flexibility index (Phi) is 3.33. The highest BCUT2D eigenvalue weighted by Gasteiger charge is 2.15. The minimum Gasteiger partial charge on any atom is -0.258 e. The molecule has 0 saturated heterocycles. The Bertz CT molecular complexity index is 371. The zero-order valence-electron chi connectivity index (χ0n) is 8.17. The summed E-state index contributed by atoms with van der Waals surface area (Å²) < 4.78 is 0. The van der Waals surface area contributed by atoms with E-state index in [1.807, 2.05) is 6.92 Å². The number of hydrogen-bond acceptors (Lipinski definition) is 4. The van der Waals surface area contributed by atoms with Gasteiger partial charge in [0.05, 0.1) is 15.9 Å².